The van der Waals surface area contributed by atoms with E-state index in [0.29, 0.717) is 11.4 Å². The quantitative estimate of drug-likeness (QED) is 0.835. The third-order valence-electron chi connectivity index (χ3n) is 2.35. The highest BCUT2D eigenvalue weighted by Crippen LogP contribution is 2.31. The van der Waals surface area contributed by atoms with Crippen LogP contribution in [-0.4, -0.2) is 20.1 Å². The fraction of sp³-hybridized carbons (Fsp3) is 0.250. The average Bonchev–Trinajstić information content (AvgIpc) is 2.30. The van der Waals surface area contributed by atoms with E-state index in [2.05, 4.69) is 15.0 Å². The van der Waals surface area contributed by atoms with E-state index in [1.165, 1.54) is 6.33 Å². The maximum atomic E-state index is 10.1. The topological polar surface area (TPSA) is 58.9 Å². The number of nitrogens with zero attached hydrogens (tertiary/aromatic N) is 3. The van der Waals surface area contributed by atoms with E-state index >= 15 is 0 Å². The summed E-state index contributed by atoms with van der Waals surface area (Å²) in [6.07, 6.45) is 4.82. The zero-order chi connectivity index (χ0) is 11.5. The molecule has 0 atom stereocenters. The first-order valence-corrected chi connectivity index (χ1v) is 5.14. The Morgan fingerprint density at radius 2 is 1.81 bits per heavy atom. The van der Waals surface area contributed by atoms with Gasteiger partial charge in [-0.3, -0.25) is 4.98 Å². The summed E-state index contributed by atoms with van der Waals surface area (Å²) in [5, 5.41) is 10.1. The molecule has 1 N–H and O–H groups in total. The highest BCUT2D eigenvalue weighted by atomic mass is 16.3. The van der Waals surface area contributed by atoms with Gasteiger partial charge in [0.1, 0.15) is 12.0 Å². The van der Waals surface area contributed by atoms with E-state index in [-0.39, 0.29) is 11.7 Å². The Hall–Kier alpha value is -1.97. The monoisotopic (exact) mass is 215 g/mol. The highest BCUT2D eigenvalue weighted by Gasteiger charge is 2.13. The summed E-state index contributed by atoms with van der Waals surface area (Å²) < 4.78 is 0. The largest absolute Gasteiger partial charge is 0.504 e. The third-order valence-corrected chi connectivity index (χ3v) is 2.35. The SMILES string of the molecule is CC(C)c1ncnc(-c2ccncc2)c1O. The van der Waals surface area contributed by atoms with Crippen LogP contribution in [0.4, 0.5) is 0 Å². The molecule has 2 aromatic rings. The molecule has 16 heavy (non-hydrogen) atoms. The second-order valence-electron chi connectivity index (χ2n) is 3.85. The van der Waals surface area contributed by atoms with Crippen molar-refractivity contribution in [2.24, 2.45) is 0 Å². The second-order valence-corrected chi connectivity index (χ2v) is 3.85. The van der Waals surface area contributed by atoms with Crippen molar-refractivity contribution >= 4 is 0 Å². The molecule has 0 bridgehead atoms. The standard InChI is InChI=1S/C12H13N3O/c1-8(2)10-12(16)11(15-7-14-10)9-3-5-13-6-4-9/h3-8,16H,1-2H3. The van der Waals surface area contributed by atoms with Crippen molar-refractivity contribution in [1.82, 2.24) is 15.0 Å². The van der Waals surface area contributed by atoms with Crippen LogP contribution in [0.15, 0.2) is 30.9 Å². The first-order chi connectivity index (χ1) is 7.70. The molecule has 0 aromatic carbocycles. The minimum absolute atomic E-state index is 0.156. The summed E-state index contributed by atoms with van der Waals surface area (Å²) in [5.41, 5.74) is 2.07. The Morgan fingerprint density at radius 3 is 2.44 bits per heavy atom. The molecule has 0 aliphatic carbocycles. The molecule has 2 rings (SSSR count). The number of aromatic hydroxyl groups is 1. The Balaban J connectivity index is 2.55. The normalized spacial score (nSPS) is 10.7. The van der Waals surface area contributed by atoms with E-state index in [4.69, 9.17) is 0 Å². The Morgan fingerprint density at radius 1 is 1.12 bits per heavy atom. The van der Waals surface area contributed by atoms with Gasteiger partial charge < -0.3 is 5.11 Å². The van der Waals surface area contributed by atoms with Gasteiger partial charge in [0, 0.05) is 18.0 Å². The maximum Gasteiger partial charge on any atom is 0.163 e. The van der Waals surface area contributed by atoms with Crippen LogP contribution in [-0.2, 0) is 0 Å². The molecule has 0 radical (unpaired) electrons. The van der Waals surface area contributed by atoms with Crippen LogP contribution < -0.4 is 0 Å². The van der Waals surface area contributed by atoms with Gasteiger partial charge in [-0.25, -0.2) is 9.97 Å². The van der Waals surface area contributed by atoms with E-state index in [1.54, 1.807) is 12.4 Å². The van der Waals surface area contributed by atoms with Crippen LogP contribution in [0.2, 0.25) is 0 Å². The van der Waals surface area contributed by atoms with E-state index in [9.17, 15) is 5.11 Å². The van der Waals surface area contributed by atoms with Crippen molar-refractivity contribution in [2.45, 2.75) is 19.8 Å². The van der Waals surface area contributed by atoms with Gasteiger partial charge >= 0.3 is 0 Å². The zero-order valence-corrected chi connectivity index (χ0v) is 9.25. The molecular formula is C12H13N3O. The summed E-state index contributed by atoms with van der Waals surface area (Å²) >= 11 is 0. The Kier molecular flexibility index (Phi) is 2.81. The van der Waals surface area contributed by atoms with Crippen LogP contribution >= 0.6 is 0 Å². The smallest absolute Gasteiger partial charge is 0.163 e. The van der Waals surface area contributed by atoms with Crippen LogP contribution in [0.25, 0.3) is 11.3 Å². The van der Waals surface area contributed by atoms with Gasteiger partial charge in [0.15, 0.2) is 5.75 Å². The van der Waals surface area contributed by atoms with Gasteiger partial charge in [0.2, 0.25) is 0 Å². The molecule has 0 spiro atoms. The van der Waals surface area contributed by atoms with Crippen molar-refractivity contribution in [3.8, 4) is 17.0 Å². The lowest BCUT2D eigenvalue weighted by Gasteiger charge is -2.09. The minimum Gasteiger partial charge on any atom is -0.504 e. The second kappa shape index (κ2) is 4.26. The zero-order valence-electron chi connectivity index (χ0n) is 9.25. The molecule has 0 unspecified atom stereocenters. The Bertz CT molecular complexity index is 483. The molecule has 4 nitrogen and oxygen atoms in total. The van der Waals surface area contributed by atoms with Crippen LogP contribution in [0.5, 0.6) is 5.75 Å². The molecule has 0 aliphatic heterocycles. The number of hydrogen-bond acceptors (Lipinski definition) is 4. The predicted molar refractivity (Wildman–Crippen MR) is 61.0 cm³/mol. The van der Waals surface area contributed by atoms with Gasteiger partial charge in [-0.05, 0) is 18.1 Å². The number of hydrogen-bond donors (Lipinski definition) is 1. The van der Waals surface area contributed by atoms with Gasteiger partial charge in [0.05, 0.1) is 5.69 Å². The molecule has 0 amide bonds. The van der Waals surface area contributed by atoms with E-state index in [1.807, 2.05) is 26.0 Å². The van der Waals surface area contributed by atoms with E-state index < -0.39 is 0 Å². The first kappa shape index (κ1) is 10.5. The molecule has 0 fully saturated rings. The van der Waals surface area contributed by atoms with Crippen molar-refractivity contribution in [1.29, 1.82) is 0 Å². The molecular weight excluding hydrogens is 202 g/mol. The number of rotatable bonds is 2. The summed E-state index contributed by atoms with van der Waals surface area (Å²) in [6, 6.07) is 3.62. The molecule has 4 heteroatoms. The molecule has 0 saturated carbocycles. The lowest BCUT2D eigenvalue weighted by atomic mass is 10.1. The van der Waals surface area contributed by atoms with Gasteiger partial charge in [-0.1, -0.05) is 13.8 Å². The van der Waals surface area contributed by atoms with E-state index in [0.717, 1.165) is 5.56 Å². The summed E-state index contributed by atoms with van der Waals surface area (Å²) in [5.74, 6) is 0.326. The van der Waals surface area contributed by atoms with Crippen molar-refractivity contribution in [2.75, 3.05) is 0 Å². The van der Waals surface area contributed by atoms with Gasteiger partial charge in [-0.2, -0.15) is 0 Å². The van der Waals surface area contributed by atoms with Gasteiger partial charge in [0.25, 0.3) is 0 Å². The molecule has 0 saturated heterocycles. The number of aromatic nitrogens is 3. The lowest BCUT2D eigenvalue weighted by molar-refractivity contribution is 0.459. The van der Waals surface area contributed by atoms with Crippen molar-refractivity contribution < 1.29 is 5.11 Å². The molecule has 2 aromatic heterocycles. The third kappa shape index (κ3) is 1.86. The minimum atomic E-state index is 0.156. The fourth-order valence-corrected chi connectivity index (χ4v) is 1.54. The predicted octanol–water partition coefficient (Wildman–Crippen LogP) is 2.37. The summed E-state index contributed by atoms with van der Waals surface area (Å²) in [6.45, 7) is 3.97. The molecule has 2 heterocycles. The maximum absolute atomic E-state index is 10.1. The van der Waals surface area contributed by atoms with Crippen LogP contribution in [0.3, 0.4) is 0 Å². The molecule has 82 valence electrons. The van der Waals surface area contributed by atoms with Crippen LogP contribution in [0.1, 0.15) is 25.5 Å². The highest BCUT2D eigenvalue weighted by molar-refractivity contribution is 5.66. The van der Waals surface area contributed by atoms with Crippen LogP contribution in [0, 0.1) is 0 Å². The van der Waals surface area contributed by atoms with Crippen molar-refractivity contribution in [3.63, 3.8) is 0 Å². The van der Waals surface area contributed by atoms with Gasteiger partial charge in [-0.15, -0.1) is 0 Å². The molecule has 0 aliphatic rings. The summed E-state index contributed by atoms with van der Waals surface area (Å²) in [7, 11) is 0. The fourth-order valence-electron chi connectivity index (χ4n) is 1.54. The Labute approximate surface area is 94.0 Å². The van der Waals surface area contributed by atoms with Crippen molar-refractivity contribution in [3.05, 3.63) is 36.5 Å². The average molecular weight is 215 g/mol. The number of pyridine rings is 1. The first-order valence-electron chi connectivity index (χ1n) is 5.14. The summed E-state index contributed by atoms with van der Waals surface area (Å²) in [4.78, 5) is 12.1. The lowest BCUT2D eigenvalue weighted by Crippen LogP contribution is -1.97.